The number of aryl methyl sites for hydroxylation is 2. The molecule has 0 unspecified atom stereocenters. The average molecular weight is 358 g/mol. The number of rotatable bonds is 4. The zero-order valence-electron chi connectivity index (χ0n) is 13.9. The Morgan fingerprint density at radius 1 is 1.12 bits per heavy atom. The van der Waals surface area contributed by atoms with Crippen molar-refractivity contribution in [3.8, 4) is 0 Å². The van der Waals surface area contributed by atoms with Crippen LogP contribution in [0.5, 0.6) is 0 Å². The summed E-state index contributed by atoms with van der Waals surface area (Å²) < 4.78 is 28.1. The van der Waals surface area contributed by atoms with Crippen molar-refractivity contribution in [1.82, 2.24) is 5.32 Å². The quantitative estimate of drug-likeness (QED) is 0.748. The zero-order valence-corrected chi connectivity index (χ0v) is 14.7. The van der Waals surface area contributed by atoms with E-state index in [1.807, 2.05) is 32.0 Å². The molecule has 3 N–H and O–H groups in total. The number of sulfonamides is 1. The normalized spacial score (nSPS) is 11.6. The molecule has 0 radical (unpaired) electrons. The van der Waals surface area contributed by atoms with Crippen molar-refractivity contribution in [2.75, 3.05) is 0 Å². The molecule has 7 heteroatoms. The first-order chi connectivity index (χ1) is 11.8. The van der Waals surface area contributed by atoms with Gasteiger partial charge in [0.2, 0.25) is 10.0 Å². The second-order valence-corrected chi connectivity index (χ2v) is 7.49. The summed E-state index contributed by atoms with van der Waals surface area (Å²) in [7, 11) is -3.72. The highest BCUT2D eigenvalue weighted by Gasteiger charge is 2.17. The number of amides is 1. The van der Waals surface area contributed by atoms with E-state index >= 15 is 0 Å². The average Bonchev–Trinajstić information content (AvgIpc) is 2.89. The number of hydrogen-bond donors (Lipinski definition) is 2. The fourth-order valence-electron chi connectivity index (χ4n) is 2.61. The largest absolute Gasteiger partial charge is 0.451 e. The third-order valence-electron chi connectivity index (χ3n) is 4.00. The lowest BCUT2D eigenvalue weighted by Crippen LogP contribution is -2.23. The third kappa shape index (κ3) is 3.57. The number of hydrogen-bond acceptors (Lipinski definition) is 4. The highest BCUT2D eigenvalue weighted by Crippen LogP contribution is 2.26. The van der Waals surface area contributed by atoms with Gasteiger partial charge in [-0.3, -0.25) is 4.79 Å². The van der Waals surface area contributed by atoms with Gasteiger partial charge in [-0.15, -0.1) is 0 Å². The Labute approximate surface area is 145 Å². The van der Waals surface area contributed by atoms with Gasteiger partial charge in [0.25, 0.3) is 5.91 Å². The Hall–Kier alpha value is -2.64. The molecule has 3 rings (SSSR count). The monoisotopic (exact) mass is 358 g/mol. The summed E-state index contributed by atoms with van der Waals surface area (Å²) in [5.74, 6) is -0.0383. The Kier molecular flexibility index (Phi) is 4.36. The van der Waals surface area contributed by atoms with Crippen LogP contribution in [-0.4, -0.2) is 14.3 Å². The molecule has 0 atom stereocenters. The molecule has 0 fully saturated rings. The molecule has 1 heterocycles. The molecule has 2 aromatic carbocycles. The Bertz CT molecular complexity index is 1050. The molecule has 0 bridgehead atoms. The van der Waals surface area contributed by atoms with Crippen LogP contribution in [0.15, 0.2) is 51.8 Å². The standard InChI is InChI=1S/C18H18N2O4S/c1-11-3-8-16-15(9-11)12(2)17(24-16)18(21)20-10-13-4-6-14(7-5-13)25(19,22)23/h3-9H,10H2,1-2H3,(H,20,21)(H2,19,22,23). The van der Waals surface area contributed by atoms with Crippen LogP contribution in [0.4, 0.5) is 0 Å². The van der Waals surface area contributed by atoms with E-state index in [2.05, 4.69) is 5.32 Å². The highest BCUT2D eigenvalue weighted by atomic mass is 32.2. The minimum Gasteiger partial charge on any atom is -0.451 e. The molecule has 1 aromatic heterocycles. The van der Waals surface area contributed by atoms with E-state index in [-0.39, 0.29) is 23.1 Å². The van der Waals surface area contributed by atoms with Gasteiger partial charge in [0.15, 0.2) is 5.76 Å². The van der Waals surface area contributed by atoms with Crippen LogP contribution in [0.1, 0.15) is 27.2 Å². The fourth-order valence-corrected chi connectivity index (χ4v) is 3.13. The van der Waals surface area contributed by atoms with Gasteiger partial charge in [-0.2, -0.15) is 0 Å². The third-order valence-corrected chi connectivity index (χ3v) is 4.93. The number of carbonyl (C=O) groups excluding carboxylic acids is 1. The van der Waals surface area contributed by atoms with E-state index in [1.165, 1.54) is 12.1 Å². The van der Waals surface area contributed by atoms with Gasteiger partial charge in [0.05, 0.1) is 4.90 Å². The van der Waals surface area contributed by atoms with Gasteiger partial charge in [-0.25, -0.2) is 13.6 Å². The second kappa shape index (κ2) is 6.34. The number of primary sulfonamides is 1. The molecule has 0 aliphatic rings. The molecular formula is C18H18N2O4S. The number of benzene rings is 2. The number of carbonyl (C=O) groups is 1. The molecule has 0 saturated carbocycles. The van der Waals surface area contributed by atoms with Crippen LogP contribution < -0.4 is 10.5 Å². The van der Waals surface area contributed by atoms with Gasteiger partial charge < -0.3 is 9.73 Å². The highest BCUT2D eigenvalue weighted by molar-refractivity contribution is 7.89. The lowest BCUT2D eigenvalue weighted by atomic mass is 10.1. The van der Waals surface area contributed by atoms with E-state index in [4.69, 9.17) is 9.56 Å². The first-order valence-electron chi connectivity index (χ1n) is 7.65. The minimum atomic E-state index is -3.72. The summed E-state index contributed by atoms with van der Waals surface area (Å²) in [6, 6.07) is 11.8. The Balaban J connectivity index is 1.76. The number of fused-ring (bicyclic) bond motifs is 1. The smallest absolute Gasteiger partial charge is 0.287 e. The summed E-state index contributed by atoms with van der Waals surface area (Å²) in [4.78, 5) is 12.4. The van der Waals surface area contributed by atoms with Crippen molar-refractivity contribution in [3.05, 3.63) is 64.9 Å². The second-order valence-electron chi connectivity index (χ2n) is 5.93. The van der Waals surface area contributed by atoms with Crippen molar-refractivity contribution in [1.29, 1.82) is 0 Å². The zero-order chi connectivity index (χ0) is 18.2. The molecule has 0 aliphatic heterocycles. The van der Waals surface area contributed by atoms with E-state index in [1.54, 1.807) is 12.1 Å². The maximum Gasteiger partial charge on any atom is 0.287 e. The first kappa shape index (κ1) is 17.2. The van der Waals surface area contributed by atoms with E-state index < -0.39 is 10.0 Å². The number of furan rings is 1. The maximum atomic E-state index is 12.4. The molecule has 130 valence electrons. The van der Waals surface area contributed by atoms with Crippen molar-refractivity contribution >= 4 is 26.9 Å². The molecular weight excluding hydrogens is 340 g/mol. The maximum absolute atomic E-state index is 12.4. The van der Waals surface area contributed by atoms with E-state index in [0.29, 0.717) is 5.58 Å². The van der Waals surface area contributed by atoms with Crippen LogP contribution in [0, 0.1) is 13.8 Å². The molecule has 3 aromatic rings. The van der Waals surface area contributed by atoms with Crippen LogP contribution in [0.2, 0.25) is 0 Å². The van der Waals surface area contributed by atoms with Gasteiger partial charge in [-0.05, 0) is 43.7 Å². The Morgan fingerprint density at radius 2 is 1.80 bits per heavy atom. The van der Waals surface area contributed by atoms with Crippen LogP contribution in [0.3, 0.4) is 0 Å². The summed E-state index contributed by atoms with van der Waals surface area (Å²) in [6.07, 6.45) is 0. The van der Waals surface area contributed by atoms with Gasteiger partial charge >= 0.3 is 0 Å². The van der Waals surface area contributed by atoms with E-state index in [9.17, 15) is 13.2 Å². The summed E-state index contributed by atoms with van der Waals surface area (Å²) in [5, 5.41) is 8.75. The van der Waals surface area contributed by atoms with Crippen molar-refractivity contribution < 1.29 is 17.6 Å². The van der Waals surface area contributed by atoms with Crippen LogP contribution in [0.25, 0.3) is 11.0 Å². The molecule has 0 aliphatic carbocycles. The summed E-state index contributed by atoms with van der Waals surface area (Å²) in [5.41, 5.74) is 3.31. The van der Waals surface area contributed by atoms with Crippen LogP contribution in [-0.2, 0) is 16.6 Å². The predicted molar refractivity (Wildman–Crippen MR) is 94.7 cm³/mol. The molecule has 1 amide bonds. The molecule has 0 spiro atoms. The lowest BCUT2D eigenvalue weighted by molar-refractivity contribution is 0.0924. The van der Waals surface area contributed by atoms with Crippen molar-refractivity contribution in [3.63, 3.8) is 0 Å². The predicted octanol–water partition coefficient (Wildman–Crippen LogP) is 2.63. The van der Waals surface area contributed by atoms with Crippen molar-refractivity contribution in [2.45, 2.75) is 25.3 Å². The van der Waals surface area contributed by atoms with Crippen molar-refractivity contribution in [2.24, 2.45) is 5.14 Å². The van der Waals surface area contributed by atoms with E-state index in [0.717, 1.165) is 22.1 Å². The topological polar surface area (TPSA) is 102 Å². The summed E-state index contributed by atoms with van der Waals surface area (Å²) >= 11 is 0. The van der Waals surface area contributed by atoms with Gasteiger partial charge in [0.1, 0.15) is 5.58 Å². The molecule has 0 saturated heterocycles. The molecule has 6 nitrogen and oxygen atoms in total. The first-order valence-corrected chi connectivity index (χ1v) is 9.20. The SMILES string of the molecule is Cc1ccc2oc(C(=O)NCc3ccc(S(N)(=O)=O)cc3)c(C)c2c1. The number of nitrogens with one attached hydrogen (secondary N) is 1. The fraction of sp³-hybridized carbons (Fsp3) is 0.167. The minimum absolute atomic E-state index is 0.0334. The van der Waals surface area contributed by atoms with Crippen LogP contribution >= 0.6 is 0 Å². The molecule has 25 heavy (non-hydrogen) atoms. The van der Waals surface area contributed by atoms with Gasteiger partial charge in [0, 0.05) is 17.5 Å². The Morgan fingerprint density at radius 3 is 2.44 bits per heavy atom. The summed E-state index contributed by atoms with van der Waals surface area (Å²) in [6.45, 7) is 4.08. The number of nitrogens with two attached hydrogens (primary N) is 1. The lowest BCUT2D eigenvalue weighted by Gasteiger charge is -2.05. The van der Waals surface area contributed by atoms with Gasteiger partial charge in [-0.1, -0.05) is 23.8 Å².